The molecule has 0 unspecified atom stereocenters. The highest BCUT2D eigenvalue weighted by Gasteiger charge is 2.29. The Morgan fingerprint density at radius 1 is 1.24 bits per heavy atom. The molecule has 6 heteroatoms. The zero-order chi connectivity index (χ0) is 14.8. The number of para-hydroxylation sites is 2. The molecule has 1 atom stereocenters. The molecule has 0 N–H and O–H groups in total. The Bertz CT molecular complexity index is 689. The molecular weight excluding hydrogens is 360 g/mol. The van der Waals surface area contributed by atoms with Crippen molar-refractivity contribution in [3.63, 3.8) is 0 Å². The van der Waals surface area contributed by atoms with Crippen LogP contribution in [0.15, 0.2) is 46.9 Å². The van der Waals surface area contributed by atoms with Gasteiger partial charge >= 0.3 is 5.97 Å². The Morgan fingerprint density at radius 3 is 2.76 bits per heavy atom. The van der Waals surface area contributed by atoms with Crippen LogP contribution in [0.5, 0.6) is 17.2 Å². The third kappa shape index (κ3) is 3.14. The predicted octanol–water partition coefficient (Wildman–Crippen LogP) is 3.85. The van der Waals surface area contributed by atoms with E-state index in [1.807, 2.05) is 12.1 Å². The van der Waals surface area contributed by atoms with Crippen molar-refractivity contribution >= 4 is 33.5 Å². The number of carbonyl (C=O) groups is 1. The molecule has 1 aliphatic heterocycles. The molecule has 0 aromatic heterocycles. The lowest BCUT2D eigenvalue weighted by Gasteiger charge is -2.24. The van der Waals surface area contributed by atoms with Gasteiger partial charge < -0.3 is 14.2 Å². The topological polar surface area (TPSA) is 44.8 Å². The van der Waals surface area contributed by atoms with Gasteiger partial charge in [0.25, 0.3) is 0 Å². The minimum atomic E-state index is -0.803. The van der Waals surface area contributed by atoms with Crippen LogP contribution in [0.25, 0.3) is 0 Å². The number of ether oxygens (including phenoxy) is 3. The number of fused-ring (bicyclic) bond motifs is 1. The number of benzene rings is 2. The van der Waals surface area contributed by atoms with Crippen molar-refractivity contribution in [2.24, 2.45) is 0 Å². The van der Waals surface area contributed by atoms with Gasteiger partial charge in [-0.25, -0.2) is 4.79 Å². The second-order valence-corrected chi connectivity index (χ2v) is 5.65. The van der Waals surface area contributed by atoms with Crippen molar-refractivity contribution in [1.82, 2.24) is 0 Å². The van der Waals surface area contributed by atoms with E-state index in [-0.39, 0.29) is 6.61 Å². The minimum absolute atomic E-state index is 0.112. The molecule has 0 saturated heterocycles. The smallest absolute Gasteiger partial charge is 0.356 e. The van der Waals surface area contributed by atoms with Crippen LogP contribution in [0.3, 0.4) is 0 Å². The highest BCUT2D eigenvalue weighted by atomic mass is 79.9. The summed E-state index contributed by atoms with van der Waals surface area (Å²) in [6.45, 7) is 0.112. The fourth-order valence-electron chi connectivity index (χ4n) is 1.87. The van der Waals surface area contributed by atoms with E-state index < -0.39 is 12.1 Å². The molecule has 0 bridgehead atoms. The van der Waals surface area contributed by atoms with Crippen molar-refractivity contribution in [3.8, 4) is 17.2 Å². The maximum absolute atomic E-state index is 12.1. The van der Waals surface area contributed by atoms with Gasteiger partial charge in [-0.2, -0.15) is 0 Å². The maximum Gasteiger partial charge on any atom is 0.356 e. The molecule has 4 nitrogen and oxygen atoms in total. The summed E-state index contributed by atoms with van der Waals surface area (Å²) in [6, 6.07) is 12.1. The van der Waals surface area contributed by atoms with Gasteiger partial charge in [-0.3, -0.25) is 0 Å². The Labute approximate surface area is 134 Å². The van der Waals surface area contributed by atoms with E-state index in [9.17, 15) is 4.79 Å². The van der Waals surface area contributed by atoms with Gasteiger partial charge in [0.2, 0.25) is 6.10 Å². The highest BCUT2D eigenvalue weighted by molar-refractivity contribution is 9.10. The number of hydrogen-bond donors (Lipinski definition) is 0. The number of esters is 1. The Kier molecular flexibility index (Phi) is 4.03. The number of halogens is 2. The molecule has 3 rings (SSSR count). The van der Waals surface area contributed by atoms with Crippen LogP contribution in [0.2, 0.25) is 5.02 Å². The van der Waals surface area contributed by atoms with Gasteiger partial charge in [0.05, 0.1) is 4.47 Å². The third-order valence-electron chi connectivity index (χ3n) is 2.88. The van der Waals surface area contributed by atoms with Gasteiger partial charge in [0, 0.05) is 5.02 Å². The normalized spacial score (nSPS) is 16.4. The van der Waals surface area contributed by atoms with Gasteiger partial charge in [-0.1, -0.05) is 23.7 Å². The first-order valence-electron chi connectivity index (χ1n) is 6.19. The largest absolute Gasteiger partial charge is 0.485 e. The monoisotopic (exact) mass is 368 g/mol. The molecule has 0 saturated carbocycles. The average molecular weight is 370 g/mol. The van der Waals surface area contributed by atoms with Crippen LogP contribution in [0.4, 0.5) is 0 Å². The molecule has 0 radical (unpaired) electrons. The average Bonchev–Trinajstić information content (AvgIpc) is 2.49. The first-order chi connectivity index (χ1) is 10.1. The molecule has 0 aliphatic carbocycles. The zero-order valence-corrected chi connectivity index (χ0v) is 13.1. The predicted molar refractivity (Wildman–Crippen MR) is 81.1 cm³/mol. The van der Waals surface area contributed by atoms with Crippen molar-refractivity contribution in [2.45, 2.75) is 6.10 Å². The molecule has 21 heavy (non-hydrogen) atoms. The lowest BCUT2D eigenvalue weighted by atomic mass is 10.2. The summed E-state index contributed by atoms with van der Waals surface area (Å²) in [4.78, 5) is 12.1. The fourth-order valence-corrected chi connectivity index (χ4v) is 2.63. The summed E-state index contributed by atoms with van der Waals surface area (Å²) < 4.78 is 17.0. The van der Waals surface area contributed by atoms with Crippen LogP contribution in [0, 0.1) is 0 Å². The second-order valence-electron chi connectivity index (χ2n) is 4.36. The quantitative estimate of drug-likeness (QED) is 0.596. The van der Waals surface area contributed by atoms with Crippen LogP contribution in [-0.2, 0) is 4.79 Å². The summed E-state index contributed by atoms with van der Waals surface area (Å²) in [5.74, 6) is 1.01. The van der Waals surface area contributed by atoms with Crippen molar-refractivity contribution in [3.05, 3.63) is 52.0 Å². The third-order valence-corrected chi connectivity index (χ3v) is 3.73. The molecule has 2 aromatic rings. The van der Waals surface area contributed by atoms with Gasteiger partial charge in [-0.15, -0.1) is 0 Å². The van der Waals surface area contributed by atoms with Gasteiger partial charge in [0.15, 0.2) is 11.5 Å². The molecule has 1 aliphatic rings. The molecule has 108 valence electrons. The summed E-state index contributed by atoms with van der Waals surface area (Å²) in [5, 5.41) is 0.549. The van der Waals surface area contributed by atoms with Crippen LogP contribution in [-0.4, -0.2) is 18.7 Å². The second kappa shape index (κ2) is 5.95. The van der Waals surface area contributed by atoms with Crippen molar-refractivity contribution in [1.29, 1.82) is 0 Å². The Hall–Kier alpha value is -1.72. The molecule has 0 fully saturated rings. The molecular formula is C15H10BrClO4. The Morgan fingerprint density at radius 2 is 2.00 bits per heavy atom. The van der Waals surface area contributed by atoms with Crippen molar-refractivity contribution < 1.29 is 19.0 Å². The summed E-state index contributed by atoms with van der Waals surface area (Å²) >= 11 is 9.13. The number of hydrogen-bond acceptors (Lipinski definition) is 4. The SMILES string of the molecule is O=C(Oc1ccc(Cl)cc1Br)[C@@H]1COc2ccccc2O1. The highest BCUT2D eigenvalue weighted by Crippen LogP contribution is 2.32. The van der Waals surface area contributed by atoms with E-state index in [0.29, 0.717) is 26.7 Å². The van der Waals surface area contributed by atoms with Crippen LogP contribution >= 0.6 is 27.5 Å². The van der Waals surface area contributed by atoms with E-state index in [2.05, 4.69) is 15.9 Å². The van der Waals surface area contributed by atoms with E-state index in [1.165, 1.54) is 0 Å². The maximum atomic E-state index is 12.1. The lowest BCUT2D eigenvalue weighted by Crippen LogP contribution is -2.39. The van der Waals surface area contributed by atoms with Crippen LogP contribution in [0.1, 0.15) is 0 Å². The first-order valence-corrected chi connectivity index (χ1v) is 7.36. The molecule has 2 aromatic carbocycles. The standard InChI is InChI=1S/C15H10BrClO4/c16-10-7-9(17)5-6-11(10)21-15(18)14-8-19-12-3-1-2-4-13(12)20-14/h1-7,14H,8H2/t14-/m0/s1. The van der Waals surface area contributed by atoms with Crippen molar-refractivity contribution in [2.75, 3.05) is 6.61 Å². The zero-order valence-electron chi connectivity index (χ0n) is 10.7. The van der Waals surface area contributed by atoms with Gasteiger partial charge in [0.1, 0.15) is 12.4 Å². The number of rotatable bonds is 2. The molecule has 0 spiro atoms. The first kappa shape index (κ1) is 14.2. The lowest BCUT2D eigenvalue weighted by molar-refractivity contribution is -0.144. The summed E-state index contributed by atoms with van der Waals surface area (Å²) in [5.41, 5.74) is 0. The Balaban J connectivity index is 1.72. The van der Waals surface area contributed by atoms with Crippen LogP contribution < -0.4 is 14.2 Å². The van der Waals surface area contributed by atoms with E-state index in [4.69, 9.17) is 25.8 Å². The fraction of sp³-hybridized carbons (Fsp3) is 0.133. The van der Waals surface area contributed by atoms with E-state index in [1.54, 1.807) is 30.3 Å². The summed E-state index contributed by atoms with van der Waals surface area (Å²) in [7, 11) is 0. The number of carbonyl (C=O) groups excluding carboxylic acids is 1. The van der Waals surface area contributed by atoms with E-state index in [0.717, 1.165) is 0 Å². The van der Waals surface area contributed by atoms with Gasteiger partial charge in [-0.05, 0) is 46.3 Å². The van der Waals surface area contributed by atoms with E-state index >= 15 is 0 Å². The summed E-state index contributed by atoms with van der Waals surface area (Å²) in [6.07, 6.45) is -0.803. The molecule has 1 heterocycles. The minimum Gasteiger partial charge on any atom is -0.485 e. The molecule has 0 amide bonds.